The van der Waals surface area contributed by atoms with E-state index in [1.807, 2.05) is 22.9 Å². The number of nitrogens with one attached hydrogen (secondary N) is 1. The highest BCUT2D eigenvalue weighted by atomic mass is 32.2. The van der Waals surface area contributed by atoms with Crippen molar-refractivity contribution < 1.29 is 4.79 Å². The van der Waals surface area contributed by atoms with Crippen LogP contribution in [0.2, 0.25) is 0 Å². The second-order valence-corrected chi connectivity index (χ2v) is 7.93. The third-order valence-electron chi connectivity index (χ3n) is 3.22. The van der Waals surface area contributed by atoms with E-state index in [2.05, 4.69) is 31.0 Å². The number of H-pyrrole nitrogens is 1. The zero-order chi connectivity index (χ0) is 13.9. The van der Waals surface area contributed by atoms with E-state index in [0.717, 1.165) is 31.7 Å². The van der Waals surface area contributed by atoms with Crippen LogP contribution in [0.4, 0.5) is 0 Å². The number of amides is 1. The highest BCUT2D eigenvalue weighted by Gasteiger charge is 2.21. The molecule has 5 heteroatoms. The molecule has 0 aliphatic carbocycles. The second-order valence-electron chi connectivity index (χ2n) is 6.00. The van der Waals surface area contributed by atoms with Gasteiger partial charge in [0.1, 0.15) is 0 Å². The van der Waals surface area contributed by atoms with E-state index >= 15 is 0 Å². The lowest BCUT2D eigenvalue weighted by Crippen LogP contribution is -2.35. The van der Waals surface area contributed by atoms with Gasteiger partial charge >= 0.3 is 0 Å². The van der Waals surface area contributed by atoms with Crippen LogP contribution in [0.5, 0.6) is 0 Å². The Morgan fingerprint density at radius 2 is 2.32 bits per heavy atom. The minimum Gasteiger partial charge on any atom is -0.338 e. The number of rotatable bonds is 4. The van der Waals surface area contributed by atoms with Crippen LogP contribution < -0.4 is 0 Å². The molecule has 4 nitrogen and oxygen atoms in total. The molecule has 0 bridgehead atoms. The molecule has 1 aromatic heterocycles. The molecule has 1 aromatic rings. The standard InChI is InChI=1S/C14H23N3OS/c1-14(2,3)19-8-4-5-13(18)17-7-6-12-11(10-17)9-15-16-12/h9H,4-8,10H2,1-3H3,(H,15,16). The summed E-state index contributed by atoms with van der Waals surface area (Å²) in [5.74, 6) is 1.33. The van der Waals surface area contributed by atoms with E-state index < -0.39 is 0 Å². The zero-order valence-corrected chi connectivity index (χ0v) is 12.8. The van der Waals surface area contributed by atoms with Crippen LogP contribution in [-0.4, -0.2) is 38.0 Å². The highest BCUT2D eigenvalue weighted by Crippen LogP contribution is 2.24. The Morgan fingerprint density at radius 1 is 1.53 bits per heavy atom. The monoisotopic (exact) mass is 281 g/mol. The van der Waals surface area contributed by atoms with Gasteiger partial charge in [-0.25, -0.2) is 0 Å². The smallest absolute Gasteiger partial charge is 0.222 e. The third kappa shape index (κ3) is 4.27. The molecule has 19 heavy (non-hydrogen) atoms. The van der Waals surface area contributed by atoms with Crippen molar-refractivity contribution in [3.63, 3.8) is 0 Å². The molecule has 106 valence electrons. The number of carbonyl (C=O) groups excluding carboxylic acids is 1. The summed E-state index contributed by atoms with van der Waals surface area (Å²) in [6, 6.07) is 0. The quantitative estimate of drug-likeness (QED) is 0.863. The minimum atomic E-state index is 0.279. The average Bonchev–Trinajstić information content (AvgIpc) is 2.80. The lowest BCUT2D eigenvalue weighted by molar-refractivity contribution is -0.132. The van der Waals surface area contributed by atoms with Gasteiger partial charge < -0.3 is 4.90 Å². The van der Waals surface area contributed by atoms with Gasteiger partial charge in [-0.1, -0.05) is 20.8 Å². The summed E-state index contributed by atoms with van der Waals surface area (Å²) >= 11 is 1.93. The van der Waals surface area contributed by atoms with Crippen LogP contribution in [-0.2, 0) is 17.8 Å². The Bertz CT molecular complexity index is 436. The number of aromatic amines is 1. The minimum absolute atomic E-state index is 0.279. The first-order valence-corrected chi connectivity index (χ1v) is 7.87. The van der Waals surface area contributed by atoms with E-state index in [9.17, 15) is 4.79 Å². The van der Waals surface area contributed by atoms with Crippen LogP contribution in [0, 0.1) is 0 Å². The van der Waals surface area contributed by atoms with E-state index in [1.165, 1.54) is 11.3 Å². The molecule has 1 amide bonds. The lowest BCUT2D eigenvalue weighted by Gasteiger charge is -2.26. The van der Waals surface area contributed by atoms with Gasteiger partial charge in [0.05, 0.1) is 6.20 Å². The van der Waals surface area contributed by atoms with E-state index in [-0.39, 0.29) is 5.91 Å². The van der Waals surface area contributed by atoms with Gasteiger partial charge in [0, 0.05) is 41.9 Å². The van der Waals surface area contributed by atoms with Gasteiger partial charge in [0.2, 0.25) is 5.91 Å². The first kappa shape index (κ1) is 14.4. The van der Waals surface area contributed by atoms with Gasteiger partial charge in [-0.3, -0.25) is 9.89 Å². The Labute approximate surface area is 119 Å². The third-order valence-corrected chi connectivity index (χ3v) is 4.58. The molecule has 0 fully saturated rings. The molecule has 1 aliphatic rings. The summed E-state index contributed by atoms with van der Waals surface area (Å²) in [5, 5.41) is 7.03. The van der Waals surface area contributed by atoms with E-state index in [4.69, 9.17) is 0 Å². The first-order valence-electron chi connectivity index (χ1n) is 6.88. The molecule has 1 N–H and O–H groups in total. The van der Waals surface area contributed by atoms with Gasteiger partial charge in [-0.2, -0.15) is 16.9 Å². The number of carbonyl (C=O) groups is 1. The SMILES string of the molecule is CC(C)(C)SCCCC(=O)N1CCc2[nH]ncc2C1. The molecular formula is C14H23N3OS. The van der Waals surface area contributed by atoms with Crippen LogP contribution >= 0.6 is 11.8 Å². The summed E-state index contributed by atoms with van der Waals surface area (Å²) in [7, 11) is 0. The van der Waals surface area contributed by atoms with Crippen LogP contribution in [0.15, 0.2) is 6.20 Å². The maximum Gasteiger partial charge on any atom is 0.222 e. The molecule has 0 atom stereocenters. The van der Waals surface area contributed by atoms with Gasteiger partial charge in [0.25, 0.3) is 0 Å². The molecule has 0 radical (unpaired) electrons. The summed E-state index contributed by atoms with van der Waals surface area (Å²) in [6.07, 6.45) is 4.37. The second kappa shape index (κ2) is 5.99. The van der Waals surface area contributed by atoms with Gasteiger partial charge in [0.15, 0.2) is 0 Å². The lowest BCUT2D eigenvalue weighted by atomic mass is 10.1. The van der Waals surface area contributed by atoms with Crippen molar-refractivity contribution in [3.05, 3.63) is 17.5 Å². The zero-order valence-electron chi connectivity index (χ0n) is 12.0. The van der Waals surface area contributed by atoms with Gasteiger partial charge in [-0.05, 0) is 12.2 Å². The van der Waals surface area contributed by atoms with E-state index in [1.54, 1.807) is 0 Å². The number of nitrogens with zero attached hydrogens (tertiary/aromatic N) is 2. The summed E-state index contributed by atoms with van der Waals surface area (Å²) < 4.78 is 0.292. The van der Waals surface area contributed by atoms with Crippen molar-refractivity contribution >= 4 is 17.7 Å². The average molecular weight is 281 g/mol. The molecule has 0 saturated heterocycles. The van der Waals surface area contributed by atoms with E-state index in [0.29, 0.717) is 11.2 Å². The van der Waals surface area contributed by atoms with Crippen molar-refractivity contribution in [1.29, 1.82) is 0 Å². The Hall–Kier alpha value is -0.970. The van der Waals surface area contributed by atoms with Crippen LogP contribution in [0.1, 0.15) is 44.9 Å². The largest absolute Gasteiger partial charge is 0.338 e. The predicted molar refractivity (Wildman–Crippen MR) is 79.2 cm³/mol. The van der Waals surface area contributed by atoms with Crippen molar-refractivity contribution in [2.24, 2.45) is 0 Å². The van der Waals surface area contributed by atoms with Crippen LogP contribution in [0.25, 0.3) is 0 Å². The Balaban J connectivity index is 1.73. The maximum atomic E-state index is 12.1. The van der Waals surface area contributed by atoms with Crippen molar-refractivity contribution in [2.45, 2.75) is 51.3 Å². The Kier molecular flexibility index (Phi) is 4.55. The summed E-state index contributed by atoms with van der Waals surface area (Å²) in [4.78, 5) is 14.1. The fourth-order valence-electron chi connectivity index (χ4n) is 2.19. The molecule has 1 aliphatic heterocycles. The normalized spacial score (nSPS) is 15.4. The molecule has 2 rings (SSSR count). The van der Waals surface area contributed by atoms with Crippen molar-refractivity contribution in [2.75, 3.05) is 12.3 Å². The fourth-order valence-corrected chi connectivity index (χ4v) is 3.10. The Morgan fingerprint density at radius 3 is 3.05 bits per heavy atom. The van der Waals surface area contributed by atoms with Crippen molar-refractivity contribution in [1.82, 2.24) is 15.1 Å². The number of hydrogen-bond donors (Lipinski definition) is 1. The number of fused-ring (bicyclic) bond motifs is 1. The summed E-state index contributed by atoms with van der Waals surface area (Å²) in [5.41, 5.74) is 2.36. The fraction of sp³-hybridized carbons (Fsp3) is 0.714. The molecule has 0 aromatic carbocycles. The molecule has 0 unspecified atom stereocenters. The summed E-state index contributed by atoms with van der Waals surface area (Å²) in [6.45, 7) is 8.18. The first-order chi connectivity index (χ1) is 8.96. The predicted octanol–water partition coefficient (Wildman–Crippen LogP) is 2.61. The maximum absolute atomic E-state index is 12.1. The number of hydrogen-bond acceptors (Lipinski definition) is 3. The van der Waals surface area contributed by atoms with Crippen molar-refractivity contribution in [3.8, 4) is 0 Å². The highest BCUT2D eigenvalue weighted by molar-refractivity contribution is 8.00. The molecule has 0 spiro atoms. The topological polar surface area (TPSA) is 49.0 Å². The molecule has 0 saturated carbocycles. The molecular weight excluding hydrogens is 258 g/mol. The van der Waals surface area contributed by atoms with Gasteiger partial charge in [-0.15, -0.1) is 0 Å². The molecule has 2 heterocycles. The number of aromatic nitrogens is 2. The van der Waals surface area contributed by atoms with Crippen LogP contribution in [0.3, 0.4) is 0 Å². The number of thioether (sulfide) groups is 1.